The molecule has 0 radical (unpaired) electrons. The van der Waals surface area contributed by atoms with Crippen LogP contribution in [0.2, 0.25) is 0 Å². The highest BCUT2D eigenvalue weighted by Crippen LogP contribution is 2.51. The van der Waals surface area contributed by atoms with E-state index in [0.29, 0.717) is 11.8 Å². The molecule has 1 atom stereocenters. The van der Waals surface area contributed by atoms with E-state index in [4.69, 9.17) is 5.11 Å². The van der Waals surface area contributed by atoms with Crippen LogP contribution in [-0.4, -0.2) is 11.1 Å². The predicted octanol–water partition coefficient (Wildman–Crippen LogP) is 3.99. The minimum Gasteiger partial charge on any atom is -0.481 e. The van der Waals surface area contributed by atoms with Crippen LogP contribution in [0.4, 0.5) is 0 Å². The third kappa shape index (κ3) is 2.99. The Morgan fingerprint density at radius 3 is 2.56 bits per heavy atom. The number of carboxylic acid groups (broad SMARTS) is 1. The monoisotopic (exact) mass is 224 g/mol. The standard InChI is InChI=1S/C14H24O2/c15-13(16)7-3-5-12-6-4-10-14(11-12)8-1-2-9-14/h12H,1-11H2,(H,15,16). The molecule has 0 saturated heterocycles. The zero-order valence-corrected chi connectivity index (χ0v) is 10.2. The summed E-state index contributed by atoms with van der Waals surface area (Å²) in [5.41, 5.74) is 0.687. The lowest BCUT2D eigenvalue weighted by Crippen LogP contribution is -2.25. The molecule has 0 aromatic rings. The SMILES string of the molecule is O=C(O)CCCC1CCCC2(CCCC2)C1. The van der Waals surface area contributed by atoms with Crippen LogP contribution < -0.4 is 0 Å². The number of aliphatic carboxylic acids is 1. The smallest absolute Gasteiger partial charge is 0.303 e. The minimum atomic E-state index is -0.633. The molecule has 16 heavy (non-hydrogen) atoms. The van der Waals surface area contributed by atoms with E-state index in [9.17, 15) is 4.79 Å². The molecule has 2 rings (SSSR count). The molecule has 0 aliphatic heterocycles. The molecule has 0 amide bonds. The van der Waals surface area contributed by atoms with Gasteiger partial charge in [-0.1, -0.05) is 25.7 Å². The van der Waals surface area contributed by atoms with Gasteiger partial charge >= 0.3 is 5.97 Å². The van der Waals surface area contributed by atoms with Gasteiger partial charge in [-0.25, -0.2) is 0 Å². The first-order valence-corrected chi connectivity index (χ1v) is 6.92. The van der Waals surface area contributed by atoms with Gasteiger partial charge in [0.15, 0.2) is 0 Å². The Morgan fingerprint density at radius 1 is 1.19 bits per heavy atom. The molecule has 92 valence electrons. The number of carboxylic acids is 1. The summed E-state index contributed by atoms with van der Waals surface area (Å²) >= 11 is 0. The van der Waals surface area contributed by atoms with E-state index in [1.807, 2.05) is 0 Å². The van der Waals surface area contributed by atoms with E-state index in [-0.39, 0.29) is 0 Å². The molecule has 2 fully saturated rings. The second kappa shape index (κ2) is 5.20. The lowest BCUT2D eigenvalue weighted by Gasteiger charge is -2.38. The van der Waals surface area contributed by atoms with Gasteiger partial charge in [0.2, 0.25) is 0 Å². The molecule has 0 aromatic heterocycles. The Morgan fingerprint density at radius 2 is 1.88 bits per heavy atom. The fourth-order valence-electron chi connectivity index (χ4n) is 3.95. The first-order chi connectivity index (χ1) is 7.70. The highest BCUT2D eigenvalue weighted by Gasteiger charge is 2.37. The summed E-state index contributed by atoms with van der Waals surface area (Å²) in [6.45, 7) is 0. The molecule has 2 heteroatoms. The summed E-state index contributed by atoms with van der Waals surface area (Å²) in [5.74, 6) is 0.192. The van der Waals surface area contributed by atoms with Gasteiger partial charge in [0.1, 0.15) is 0 Å². The van der Waals surface area contributed by atoms with Crippen molar-refractivity contribution in [1.29, 1.82) is 0 Å². The second-order valence-electron chi connectivity index (χ2n) is 5.96. The van der Waals surface area contributed by atoms with Gasteiger partial charge < -0.3 is 5.11 Å². The summed E-state index contributed by atoms with van der Waals surface area (Å²) in [5, 5.41) is 8.65. The van der Waals surface area contributed by atoms with Gasteiger partial charge in [0.25, 0.3) is 0 Å². The zero-order chi connectivity index (χ0) is 11.4. The molecule has 0 bridgehead atoms. The van der Waals surface area contributed by atoms with Crippen molar-refractivity contribution in [2.45, 2.75) is 70.6 Å². The molecule has 0 aromatic carbocycles. The molecule has 1 unspecified atom stereocenters. The van der Waals surface area contributed by atoms with Crippen molar-refractivity contribution in [3.05, 3.63) is 0 Å². The van der Waals surface area contributed by atoms with Crippen LogP contribution in [-0.2, 0) is 4.79 Å². The van der Waals surface area contributed by atoms with Crippen molar-refractivity contribution in [1.82, 2.24) is 0 Å². The fourth-order valence-corrected chi connectivity index (χ4v) is 3.95. The van der Waals surface area contributed by atoms with Crippen molar-refractivity contribution in [3.8, 4) is 0 Å². The van der Waals surface area contributed by atoms with E-state index < -0.39 is 5.97 Å². The van der Waals surface area contributed by atoms with Crippen molar-refractivity contribution in [3.63, 3.8) is 0 Å². The van der Waals surface area contributed by atoms with Gasteiger partial charge in [-0.05, 0) is 49.9 Å². The van der Waals surface area contributed by atoms with Crippen molar-refractivity contribution in [2.75, 3.05) is 0 Å². The van der Waals surface area contributed by atoms with Gasteiger partial charge in [-0.2, -0.15) is 0 Å². The highest BCUT2D eigenvalue weighted by atomic mass is 16.4. The molecule has 1 spiro atoms. The van der Waals surface area contributed by atoms with Crippen LogP contribution >= 0.6 is 0 Å². The molecule has 2 aliphatic rings. The lowest BCUT2D eigenvalue weighted by atomic mass is 9.67. The van der Waals surface area contributed by atoms with Crippen LogP contribution in [0.25, 0.3) is 0 Å². The summed E-state index contributed by atoms with van der Waals surface area (Å²) in [6, 6.07) is 0. The Labute approximate surface area is 98.4 Å². The molecule has 2 nitrogen and oxygen atoms in total. The number of hydrogen-bond donors (Lipinski definition) is 1. The van der Waals surface area contributed by atoms with Gasteiger partial charge in [-0.3, -0.25) is 4.79 Å². The molecule has 0 heterocycles. The van der Waals surface area contributed by atoms with Crippen LogP contribution in [0.3, 0.4) is 0 Å². The average Bonchev–Trinajstić information content (AvgIpc) is 2.66. The van der Waals surface area contributed by atoms with Crippen molar-refractivity contribution >= 4 is 5.97 Å². The maximum absolute atomic E-state index is 10.5. The lowest BCUT2D eigenvalue weighted by molar-refractivity contribution is -0.137. The van der Waals surface area contributed by atoms with Crippen LogP contribution in [0.5, 0.6) is 0 Å². The van der Waals surface area contributed by atoms with E-state index in [2.05, 4.69) is 0 Å². The maximum atomic E-state index is 10.5. The Kier molecular flexibility index (Phi) is 3.88. The third-order valence-electron chi connectivity index (χ3n) is 4.71. The van der Waals surface area contributed by atoms with Crippen LogP contribution in [0, 0.1) is 11.3 Å². The first kappa shape index (κ1) is 11.9. The Balaban J connectivity index is 1.76. The summed E-state index contributed by atoms with van der Waals surface area (Å²) in [4.78, 5) is 10.5. The molecule has 2 saturated carbocycles. The van der Waals surface area contributed by atoms with Crippen molar-refractivity contribution in [2.24, 2.45) is 11.3 Å². The van der Waals surface area contributed by atoms with Gasteiger partial charge in [0.05, 0.1) is 0 Å². The molecular weight excluding hydrogens is 200 g/mol. The van der Waals surface area contributed by atoms with Gasteiger partial charge in [0, 0.05) is 6.42 Å². The Hall–Kier alpha value is -0.530. The second-order valence-corrected chi connectivity index (χ2v) is 5.96. The third-order valence-corrected chi connectivity index (χ3v) is 4.71. The summed E-state index contributed by atoms with van der Waals surface area (Å²) in [7, 11) is 0. The quantitative estimate of drug-likeness (QED) is 0.784. The minimum absolute atomic E-state index is 0.365. The predicted molar refractivity (Wildman–Crippen MR) is 64.3 cm³/mol. The van der Waals surface area contributed by atoms with E-state index in [1.165, 1.54) is 51.4 Å². The maximum Gasteiger partial charge on any atom is 0.303 e. The topological polar surface area (TPSA) is 37.3 Å². The largest absolute Gasteiger partial charge is 0.481 e. The average molecular weight is 224 g/mol. The Bertz CT molecular complexity index is 241. The number of hydrogen-bond acceptors (Lipinski definition) is 1. The number of rotatable bonds is 4. The van der Waals surface area contributed by atoms with E-state index in [0.717, 1.165) is 18.8 Å². The van der Waals surface area contributed by atoms with E-state index >= 15 is 0 Å². The zero-order valence-electron chi connectivity index (χ0n) is 10.2. The normalized spacial score (nSPS) is 28.4. The van der Waals surface area contributed by atoms with Gasteiger partial charge in [-0.15, -0.1) is 0 Å². The first-order valence-electron chi connectivity index (χ1n) is 6.92. The molecule has 2 aliphatic carbocycles. The summed E-state index contributed by atoms with van der Waals surface area (Å²) in [6.07, 6.45) is 13.7. The summed E-state index contributed by atoms with van der Waals surface area (Å²) < 4.78 is 0. The highest BCUT2D eigenvalue weighted by molar-refractivity contribution is 5.66. The van der Waals surface area contributed by atoms with Crippen LogP contribution in [0.1, 0.15) is 70.6 Å². The van der Waals surface area contributed by atoms with E-state index in [1.54, 1.807) is 0 Å². The molecular formula is C14H24O2. The van der Waals surface area contributed by atoms with Crippen molar-refractivity contribution < 1.29 is 9.90 Å². The molecule has 1 N–H and O–H groups in total. The fraction of sp³-hybridized carbons (Fsp3) is 0.929. The number of carbonyl (C=O) groups is 1. The van der Waals surface area contributed by atoms with Crippen LogP contribution in [0.15, 0.2) is 0 Å².